The molecule has 2 rings (SSSR count). The molecule has 0 aromatic heterocycles. The Bertz CT molecular complexity index is 755. The summed E-state index contributed by atoms with van der Waals surface area (Å²) >= 11 is 0. The minimum Gasteiger partial charge on any atom is -0.480 e. The quantitative estimate of drug-likeness (QED) is 0.751. The largest absolute Gasteiger partial charge is 0.480 e. The molecule has 1 amide bonds. The van der Waals surface area contributed by atoms with Crippen LogP contribution in [0.5, 0.6) is 0 Å². The molecule has 1 heterocycles. The number of hydrogen-bond acceptors (Lipinski definition) is 4. The molecule has 7 nitrogen and oxygen atoms in total. The fraction of sp³-hybridized carbons (Fsp3) is 0.556. The lowest BCUT2D eigenvalue weighted by atomic mass is 10.0. The van der Waals surface area contributed by atoms with Crippen LogP contribution >= 0.6 is 0 Å². The summed E-state index contributed by atoms with van der Waals surface area (Å²) in [5, 5.41) is 11.8. The van der Waals surface area contributed by atoms with Crippen LogP contribution in [0.2, 0.25) is 0 Å². The number of nitrogens with zero attached hydrogens (tertiary/aromatic N) is 1. The highest BCUT2D eigenvalue weighted by Crippen LogP contribution is 2.23. The SMILES string of the molecule is CC(C)C[C@@H](NC(=O)c1ccccc1S(=O)(=O)N1CCCCC1)C(=O)O. The van der Waals surface area contributed by atoms with E-state index in [-0.39, 0.29) is 22.8 Å². The summed E-state index contributed by atoms with van der Waals surface area (Å²) in [6, 6.07) is 4.89. The zero-order chi connectivity index (χ0) is 19.3. The van der Waals surface area contributed by atoms with E-state index in [0.717, 1.165) is 19.3 Å². The first-order chi connectivity index (χ1) is 12.2. The molecule has 1 fully saturated rings. The predicted molar refractivity (Wildman–Crippen MR) is 97.4 cm³/mol. The van der Waals surface area contributed by atoms with Gasteiger partial charge in [0.25, 0.3) is 5.91 Å². The molecule has 0 spiro atoms. The van der Waals surface area contributed by atoms with Crippen molar-refractivity contribution in [3.63, 3.8) is 0 Å². The molecular weight excluding hydrogens is 356 g/mol. The number of aliphatic carboxylic acids is 1. The molecule has 1 aliphatic rings. The van der Waals surface area contributed by atoms with Crippen LogP contribution < -0.4 is 5.32 Å². The molecule has 1 aromatic rings. The van der Waals surface area contributed by atoms with Gasteiger partial charge in [0.05, 0.1) is 10.5 Å². The smallest absolute Gasteiger partial charge is 0.326 e. The number of benzene rings is 1. The molecule has 26 heavy (non-hydrogen) atoms. The summed E-state index contributed by atoms with van der Waals surface area (Å²) < 4.78 is 27.3. The van der Waals surface area contributed by atoms with Gasteiger partial charge in [0.1, 0.15) is 6.04 Å². The average molecular weight is 382 g/mol. The van der Waals surface area contributed by atoms with Crippen molar-refractivity contribution in [2.24, 2.45) is 5.92 Å². The number of piperidine rings is 1. The van der Waals surface area contributed by atoms with E-state index < -0.39 is 27.9 Å². The fourth-order valence-electron chi connectivity index (χ4n) is 3.05. The summed E-state index contributed by atoms with van der Waals surface area (Å²) in [6.45, 7) is 4.58. The Labute approximate surface area is 154 Å². The Morgan fingerprint density at radius 2 is 1.77 bits per heavy atom. The van der Waals surface area contributed by atoms with Gasteiger partial charge in [-0.2, -0.15) is 4.31 Å². The van der Waals surface area contributed by atoms with E-state index in [1.165, 1.54) is 16.4 Å². The first kappa shape index (κ1) is 20.4. The summed E-state index contributed by atoms with van der Waals surface area (Å²) in [5.74, 6) is -1.75. The topological polar surface area (TPSA) is 104 Å². The van der Waals surface area contributed by atoms with E-state index in [1.54, 1.807) is 12.1 Å². The minimum absolute atomic E-state index is 0.0203. The van der Waals surface area contributed by atoms with Crippen LogP contribution in [0.25, 0.3) is 0 Å². The van der Waals surface area contributed by atoms with Crippen LogP contribution in [0.3, 0.4) is 0 Å². The van der Waals surface area contributed by atoms with Crippen molar-refractivity contribution in [1.29, 1.82) is 0 Å². The average Bonchev–Trinajstić information content (AvgIpc) is 2.61. The van der Waals surface area contributed by atoms with Crippen LogP contribution in [0, 0.1) is 5.92 Å². The second-order valence-corrected chi connectivity index (χ2v) is 8.86. The van der Waals surface area contributed by atoms with Gasteiger partial charge in [0, 0.05) is 13.1 Å². The van der Waals surface area contributed by atoms with Gasteiger partial charge in [0.15, 0.2) is 0 Å². The minimum atomic E-state index is -3.79. The normalized spacial score (nSPS) is 17.0. The summed E-state index contributed by atoms with van der Waals surface area (Å²) in [4.78, 5) is 23.9. The zero-order valence-electron chi connectivity index (χ0n) is 15.1. The molecule has 0 radical (unpaired) electrons. The number of carbonyl (C=O) groups is 2. The first-order valence-corrected chi connectivity index (χ1v) is 10.3. The van der Waals surface area contributed by atoms with Crippen molar-refractivity contribution in [3.05, 3.63) is 29.8 Å². The van der Waals surface area contributed by atoms with E-state index in [9.17, 15) is 23.1 Å². The zero-order valence-corrected chi connectivity index (χ0v) is 16.0. The van der Waals surface area contributed by atoms with Gasteiger partial charge in [-0.3, -0.25) is 4.79 Å². The Kier molecular flexibility index (Phi) is 6.77. The van der Waals surface area contributed by atoms with E-state index in [4.69, 9.17) is 0 Å². The van der Waals surface area contributed by atoms with Gasteiger partial charge in [-0.05, 0) is 37.3 Å². The van der Waals surface area contributed by atoms with Gasteiger partial charge in [-0.25, -0.2) is 13.2 Å². The fourth-order valence-corrected chi connectivity index (χ4v) is 4.76. The third kappa shape index (κ3) is 4.82. The van der Waals surface area contributed by atoms with Crippen molar-refractivity contribution >= 4 is 21.9 Å². The molecular formula is C18H26N2O5S. The molecule has 144 valence electrons. The van der Waals surface area contributed by atoms with Gasteiger partial charge in [0.2, 0.25) is 10.0 Å². The van der Waals surface area contributed by atoms with Crippen molar-refractivity contribution in [2.75, 3.05) is 13.1 Å². The van der Waals surface area contributed by atoms with Gasteiger partial charge in [-0.15, -0.1) is 0 Å². The molecule has 0 unspecified atom stereocenters. The maximum Gasteiger partial charge on any atom is 0.326 e. The lowest BCUT2D eigenvalue weighted by Crippen LogP contribution is -2.42. The number of amides is 1. The molecule has 1 atom stereocenters. The summed E-state index contributed by atoms with van der Waals surface area (Å²) in [7, 11) is -3.79. The number of carboxylic acids is 1. The Morgan fingerprint density at radius 1 is 1.15 bits per heavy atom. The predicted octanol–water partition coefficient (Wildman–Crippen LogP) is 2.09. The number of carboxylic acid groups (broad SMARTS) is 1. The molecule has 0 aliphatic carbocycles. The van der Waals surface area contributed by atoms with Crippen molar-refractivity contribution in [2.45, 2.75) is 50.5 Å². The second-order valence-electron chi connectivity index (χ2n) is 6.95. The molecule has 1 aromatic carbocycles. The lowest BCUT2D eigenvalue weighted by molar-refractivity contribution is -0.139. The van der Waals surface area contributed by atoms with Crippen LogP contribution in [-0.4, -0.2) is 48.8 Å². The molecule has 2 N–H and O–H groups in total. The Morgan fingerprint density at radius 3 is 2.35 bits per heavy atom. The molecule has 1 aliphatic heterocycles. The molecule has 0 bridgehead atoms. The van der Waals surface area contributed by atoms with Gasteiger partial charge in [-0.1, -0.05) is 32.4 Å². The van der Waals surface area contributed by atoms with Crippen LogP contribution in [0.1, 0.15) is 49.9 Å². The highest BCUT2D eigenvalue weighted by atomic mass is 32.2. The third-order valence-corrected chi connectivity index (χ3v) is 6.33. The number of rotatable bonds is 7. The lowest BCUT2D eigenvalue weighted by Gasteiger charge is -2.27. The monoisotopic (exact) mass is 382 g/mol. The highest BCUT2D eigenvalue weighted by molar-refractivity contribution is 7.89. The number of carbonyl (C=O) groups excluding carboxylic acids is 1. The van der Waals surface area contributed by atoms with Crippen molar-refractivity contribution in [3.8, 4) is 0 Å². The first-order valence-electron chi connectivity index (χ1n) is 8.86. The standard InChI is InChI=1S/C18H26N2O5S/c1-13(2)12-15(18(22)23)19-17(21)14-8-4-5-9-16(14)26(24,25)20-10-6-3-7-11-20/h4-5,8-9,13,15H,3,6-7,10-12H2,1-2H3,(H,19,21)(H,22,23)/t15-/m1/s1. The van der Waals surface area contributed by atoms with E-state index >= 15 is 0 Å². The Hall–Kier alpha value is -1.93. The molecule has 8 heteroatoms. The van der Waals surface area contributed by atoms with Crippen molar-refractivity contribution < 1.29 is 23.1 Å². The van der Waals surface area contributed by atoms with Crippen LogP contribution in [-0.2, 0) is 14.8 Å². The number of nitrogens with one attached hydrogen (secondary N) is 1. The van der Waals surface area contributed by atoms with Gasteiger partial charge < -0.3 is 10.4 Å². The molecule has 1 saturated heterocycles. The Balaban J connectivity index is 2.30. The van der Waals surface area contributed by atoms with Crippen molar-refractivity contribution in [1.82, 2.24) is 9.62 Å². The molecule has 0 saturated carbocycles. The van der Waals surface area contributed by atoms with E-state index in [0.29, 0.717) is 13.1 Å². The summed E-state index contributed by atoms with van der Waals surface area (Å²) in [5.41, 5.74) is -0.0203. The van der Waals surface area contributed by atoms with E-state index in [2.05, 4.69) is 5.32 Å². The highest BCUT2D eigenvalue weighted by Gasteiger charge is 2.31. The van der Waals surface area contributed by atoms with Crippen LogP contribution in [0.4, 0.5) is 0 Å². The maximum absolute atomic E-state index is 12.9. The second kappa shape index (κ2) is 8.64. The third-order valence-electron chi connectivity index (χ3n) is 4.38. The number of sulfonamides is 1. The van der Waals surface area contributed by atoms with E-state index in [1.807, 2.05) is 13.8 Å². The maximum atomic E-state index is 12.9. The summed E-state index contributed by atoms with van der Waals surface area (Å²) in [6.07, 6.45) is 2.85. The van der Waals surface area contributed by atoms with Gasteiger partial charge >= 0.3 is 5.97 Å². The van der Waals surface area contributed by atoms with Crippen LogP contribution in [0.15, 0.2) is 29.2 Å². The number of hydrogen-bond donors (Lipinski definition) is 2.